The number of hydrogen-bond donors (Lipinski definition) is 2. The van der Waals surface area contributed by atoms with Gasteiger partial charge in [0.25, 0.3) is 0 Å². The lowest BCUT2D eigenvalue weighted by atomic mass is 9.96. The number of amides is 2. The summed E-state index contributed by atoms with van der Waals surface area (Å²) in [6.07, 6.45) is 0.253. The molecule has 0 aliphatic carbocycles. The van der Waals surface area contributed by atoms with E-state index in [4.69, 9.17) is 0 Å². The Hall–Kier alpha value is -1.69. The molecule has 1 saturated heterocycles. The van der Waals surface area contributed by atoms with Crippen LogP contribution in [0.1, 0.15) is 31.7 Å². The highest BCUT2D eigenvalue weighted by atomic mass is 19.1. The molecule has 6 heteroatoms. The van der Waals surface area contributed by atoms with Gasteiger partial charge in [-0.2, -0.15) is 0 Å². The second kappa shape index (κ2) is 7.05. The largest absolute Gasteiger partial charge is 0.391 e. The smallest absolute Gasteiger partial charge is 0.317 e. The number of carbonyl (C=O) groups is 1. The summed E-state index contributed by atoms with van der Waals surface area (Å²) in [4.78, 5) is 13.6. The molecule has 1 aliphatic rings. The lowest BCUT2D eigenvalue weighted by Gasteiger charge is -2.34. The van der Waals surface area contributed by atoms with E-state index in [9.17, 15) is 18.7 Å². The Bertz CT molecular complexity index is 539. The number of hydrogen-bond acceptors (Lipinski definition) is 2. The van der Waals surface area contributed by atoms with Crippen LogP contribution >= 0.6 is 0 Å². The number of rotatable bonds is 3. The predicted molar refractivity (Wildman–Crippen MR) is 79.5 cm³/mol. The maximum Gasteiger partial charge on any atom is 0.317 e. The lowest BCUT2D eigenvalue weighted by Crippen LogP contribution is -2.50. The maximum atomic E-state index is 13.7. The van der Waals surface area contributed by atoms with Crippen molar-refractivity contribution >= 4 is 6.03 Å². The third-order valence-electron chi connectivity index (χ3n) is 4.26. The number of carbonyl (C=O) groups excluding carboxylic acids is 1. The van der Waals surface area contributed by atoms with E-state index in [-0.39, 0.29) is 24.4 Å². The summed E-state index contributed by atoms with van der Waals surface area (Å²) in [5.74, 6) is -1.30. The fraction of sp³-hybridized carbons (Fsp3) is 0.562. The Balaban J connectivity index is 1.88. The molecular formula is C16H22F2N2O2. The van der Waals surface area contributed by atoms with Gasteiger partial charge in [0.15, 0.2) is 0 Å². The zero-order valence-electron chi connectivity index (χ0n) is 12.9. The van der Waals surface area contributed by atoms with Crippen molar-refractivity contribution in [2.75, 3.05) is 19.6 Å². The molecule has 0 bridgehead atoms. The van der Waals surface area contributed by atoms with Gasteiger partial charge in [0.1, 0.15) is 11.6 Å². The van der Waals surface area contributed by atoms with Crippen molar-refractivity contribution in [3.63, 3.8) is 0 Å². The van der Waals surface area contributed by atoms with E-state index in [1.54, 1.807) is 11.8 Å². The highest BCUT2D eigenvalue weighted by Gasteiger charge is 2.27. The molecule has 2 N–H and O–H groups in total. The Morgan fingerprint density at radius 3 is 2.86 bits per heavy atom. The minimum atomic E-state index is -0.617. The summed E-state index contributed by atoms with van der Waals surface area (Å²) in [6, 6.07) is 3.18. The quantitative estimate of drug-likeness (QED) is 0.901. The van der Waals surface area contributed by atoms with Gasteiger partial charge in [-0.1, -0.05) is 19.9 Å². The van der Waals surface area contributed by atoms with Gasteiger partial charge < -0.3 is 15.3 Å². The van der Waals surface area contributed by atoms with Crippen molar-refractivity contribution < 1.29 is 18.7 Å². The predicted octanol–water partition coefficient (Wildman–Crippen LogP) is 2.48. The van der Waals surface area contributed by atoms with E-state index in [0.717, 1.165) is 12.5 Å². The van der Waals surface area contributed by atoms with Gasteiger partial charge in [-0.3, -0.25) is 0 Å². The minimum absolute atomic E-state index is 0.191. The summed E-state index contributed by atoms with van der Waals surface area (Å²) in [5.41, 5.74) is 0.369. The fourth-order valence-electron chi connectivity index (χ4n) is 2.60. The molecule has 1 aliphatic heterocycles. The van der Waals surface area contributed by atoms with Gasteiger partial charge in [0.2, 0.25) is 0 Å². The van der Waals surface area contributed by atoms with E-state index in [1.165, 1.54) is 12.1 Å². The highest BCUT2D eigenvalue weighted by molar-refractivity contribution is 5.74. The van der Waals surface area contributed by atoms with Gasteiger partial charge in [-0.05, 0) is 24.0 Å². The van der Waals surface area contributed by atoms with Crippen LogP contribution < -0.4 is 5.32 Å². The molecule has 22 heavy (non-hydrogen) atoms. The van der Waals surface area contributed by atoms with Crippen LogP contribution in [0.4, 0.5) is 13.6 Å². The molecule has 0 aromatic heterocycles. The number of likely N-dealkylation sites (tertiary alicyclic amines) is 1. The molecule has 0 saturated carbocycles. The van der Waals surface area contributed by atoms with Crippen LogP contribution in [0.15, 0.2) is 18.2 Å². The first kappa shape index (κ1) is 16.7. The van der Waals surface area contributed by atoms with E-state index >= 15 is 0 Å². The number of urea groups is 1. The molecule has 3 atom stereocenters. The van der Waals surface area contributed by atoms with Crippen LogP contribution in [-0.2, 0) is 0 Å². The highest BCUT2D eigenvalue weighted by Crippen LogP contribution is 2.20. The Kier molecular flexibility index (Phi) is 5.34. The maximum absolute atomic E-state index is 13.7. The summed E-state index contributed by atoms with van der Waals surface area (Å²) in [6.45, 7) is 4.89. The average Bonchev–Trinajstić information content (AvgIpc) is 2.47. The Labute approximate surface area is 129 Å². The van der Waals surface area contributed by atoms with Crippen molar-refractivity contribution in [3.05, 3.63) is 35.4 Å². The zero-order valence-corrected chi connectivity index (χ0v) is 12.9. The van der Waals surface area contributed by atoms with E-state index in [2.05, 4.69) is 5.32 Å². The molecule has 4 nitrogen and oxygen atoms in total. The standard InChI is InChI=1S/C16H22F2N2O2/c1-10-5-6-20(9-15(10)21)16(22)19-8-11(2)13-4-3-12(17)7-14(13)18/h3-4,7,10-11,15,21H,5-6,8-9H2,1-2H3,(H,19,22). The lowest BCUT2D eigenvalue weighted by molar-refractivity contribution is 0.0435. The van der Waals surface area contributed by atoms with Crippen molar-refractivity contribution in [1.82, 2.24) is 10.2 Å². The summed E-state index contributed by atoms with van der Waals surface area (Å²) in [5, 5.41) is 12.6. The molecule has 1 heterocycles. The minimum Gasteiger partial charge on any atom is -0.391 e. The second-order valence-electron chi connectivity index (χ2n) is 6.03. The summed E-state index contributed by atoms with van der Waals surface area (Å²) < 4.78 is 26.6. The van der Waals surface area contributed by atoms with Gasteiger partial charge >= 0.3 is 6.03 Å². The molecule has 2 rings (SSSR count). The molecule has 2 amide bonds. The second-order valence-corrected chi connectivity index (χ2v) is 6.03. The molecule has 1 aromatic rings. The molecule has 1 fully saturated rings. The first-order valence-electron chi connectivity index (χ1n) is 7.54. The number of aliphatic hydroxyl groups excluding tert-OH is 1. The van der Waals surface area contributed by atoms with Crippen LogP contribution in [0, 0.1) is 17.6 Å². The topological polar surface area (TPSA) is 52.6 Å². The molecule has 122 valence electrons. The number of piperidine rings is 1. The average molecular weight is 312 g/mol. The Morgan fingerprint density at radius 2 is 2.23 bits per heavy atom. The van der Waals surface area contributed by atoms with Crippen molar-refractivity contribution in [3.8, 4) is 0 Å². The van der Waals surface area contributed by atoms with Crippen LogP contribution in [0.3, 0.4) is 0 Å². The normalized spacial score (nSPS) is 23.2. The number of nitrogens with one attached hydrogen (secondary N) is 1. The third kappa shape index (κ3) is 3.94. The fourth-order valence-corrected chi connectivity index (χ4v) is 2.60. The number of halogens is 2. The zero-order chi connectivity index (χ0) is 16.3. The van der Waals surface area contributed by atoms with E-state index in [0.29, 0.717) is 18.7 Å². The van der Waals surface area contributed by atoms with Gasteiger partial charge in [-0.15, -0.1) is 0 Å². The SMILES string of the molecule is CC(CNC(=O)N1CCC(C)C(O)C1)c1ccc(F)cc1F. The van der Waals surface area contributed by atoms with Gasteiger partial charge in [0, 0.05) is 31.6 Å². The first-order chi connectivity index (χ1) is 10.4. The summed E-state index contributed by atoms with van der Waals surface area (Å²) in [7, 11) is 0. The Morgan fingerprint density at radius 1 is 1.50 bits per heavy atom. The van der Waals surface area contributed by atoms with E-state index in [1.807, 2.05) is 6.92 Å². The molecule has 0 radical (unpaired) electrons. The molecule has 1 aromatic carbocycles. The monoisotopic (exact) mass is 312 g/mol. The number of aliphatic hydroxyl groups is 1. The van der Waals surface area contributed by atoms with Crippen LogP contribution in [0.5, 0.6) is 0 Å². The number of nitrogens with zero attached hydrogens (tertiary/aromatic N) is 1. The molecule has 3 unspecified atom stereocenters. The third-order valence-corrected chi connectivity index (χ3v) is 4.26. The van der Waals surface area contributed by atoms with Crippen molar-refractivity contribution in [2.45, 2.75) is 32.3 Å². The number of benzene rings is 1. The first-order valence-corrected chi connectivity index (χ1v) is 7.54. The van der Waals surface area contributed by atoms with Crippen molar-refractivity contribution in [2.24, 2.45) is 5.92 Å². The summed E-state index contributed by atoms with van der Waals surface area (Å²) >= 11 is 0. The van der Waals surface area contributed by atoms with Gasteiger partial charge in [-0.25, -0.2) is 13.6 Å². The molecular weight excluding hydrogens is 290 g/mol. The van der Waals surface area contributed by atoms with Crippen LogP contribution in [-0.4, -0.2) is 41.8 Å². The van der Waals surface area contributed by atoms with E-state index < -0.39 is 17.7 Å². The van der Waals surface area contributed by atoms with Gasteiger partial charge in [0.05, 0.1) is 6.10 Å². The number of β-amino-alcohol motifs (C(OH)–C–C–N with tert-alkyl or cyclic N) is 1. The van der Waals surface area contributed by atoms with Crippen LogP contribution in [0.25, 0.3) is 0 Å². The van der Waals surface area contributed by atoms with Crippen molar-refractivity contribution in [1.29, 1.82) is 0 Å². The molecule has 0 spiro atoms. The van der Waals surface area contributed by atoms with Crippen LogP contribution in [0.2, 0.25) is 0 Å².